The Hall–Kier alpha value is -2.57. The first-order chi connectivity index (χ1) is 12.5. The Kier molecular flexibility index (Phi) is 7.44. The van der Waals surface area contributed by atoms with Crippen molar-refractivity contribution in [3.8, 4) is 5.75 Å². The zero-order valence-corrected chi connectivity index (χ0v) is 15.2. The number of halogens is 1. The highest BCUT2D eigenvalue weighted by molar-refractivity contribution is 6.32. The Morgan fingerprint density at radius 2 is 1.88 bits per heavy atom. The van der Waals surface area contributed by atoms with Crippen LogP contribution in [0.1, 0.15) is 11.1 Å². The maximum atomic E-state index is 12.0. The fourth-order valence-corrected chi connectivity index (χ4v) is 2.65. The lowest BCUT2D eigenvalue weighted by Gasteiger charge is -2.16. The van der Waals surface area contributed by atoms with Gasteiger partial charge in [-0.15, -0.1) is 0 Å². The molecule has 0 heterocycles. The number of benzene rings is 2. The largest absolute Gasteiger partial charge is 0.495 e. The average molecular weight is 377 g/mol. The highest BCUT2D eigenvalue weighted by Gasteiger charge is 2.19. The number of hydrogen-bond acceptors (Lipinski definition) is 4. The van der Waals surface area contributed by atoms with Gasteiger partial charge in [-0.25, -0.2) is 0 Å². The van der Waals surface area contributed by atoms with Gasteiger partial charge in [0.25, 0.3) is 0 Å². The van der Waals surface area contributed by atoms with Crippen molar-refractivity contribution in [1.29, 1.82) is 0 Å². The van der Waals surface area contributed by atoms with Crippen molar-refractivity contribution >= 4 is 23.4 Å². The summed E-state index contributed by atoms with van der Waals surface area (Å²) in [6.45, 7) is 0.144. The zero-order valence-electron chi connectivity index (χ0n) is 14.4. The summed E-state index contributed by atoms with van der Waals surface area (Å²) >= 11 is 6.08. The van der Waals surface area contributed by atoms with E-state index >= 15 is 0 Å². The van der Waals surface area contributed by atoms with Crippen LogP contribution in [0.4, 0.5) is 0 Å². The second kappa shape index (κ2) is 9.79. The van der Waals surface area contributed by atoms with Crippen LogP contribution < -0.4 is 15.8 Å². The van der Waals surface area contributed by atoms with Gasteiger partial charge in [-0.1, -0.05) is 48.0 Å². The summed E-state index contributed by atoms with van der Waals surface area (Å²) < 4.78 is 10.4. The van der Waals surface area contributed by atoms with Gasteiger partial charge in [-0.2, -0.15) is 0 Å². The summed E-state index contributed by atoms with van der Waals surface area (Å²) in [7, 11) is 1.52. The van der Waals surface area contributed by atoms with Crippen LogP contribution in [0.3, 0.4) is 0 Å². The van der Waals surface area contributed by atoms with Crippen molar-refractivity contribution in [1.82, 2.24) is 5.32 Å². The Labute approximate surface area is 157 Å². The molecule has 0 saturated carbocycles. The minimum atomic E-state index is -0.854. The molecule has 2 amide bonds. The van der Waals surface area contributed by atoms with Crippen molar-refractivity contribution in [2.75, 3.05) is 13.7 Å². The molecule has 0 saturated heterocycles. The number of ether oxygens (including phenoxy) is 2. The van der Waals surface area contributed by atoms with Gasteiger partial charge in [-0.3, -0.25) is 9.59 Å². The molecule has 0 aromatic heterocycles. The maximum absolute atomic E-state index is 12.0. The monoisotopic (exact) mass is 376 g/mol. The molecule has 0 spiro atoms. The third kappa shape index (κ3) is 6.06. The molecule has 26 heavy (non-hydrogen) atoms. The number of rotatable bonds is 9. The second-order valence-corrected chi connectivity index (χ2v) is 6.08. The quantitative estimate of drug-likeness (QED) is 0.701. The molecule has 0 fully saturated rings. The molecule has 138 valence electrons. The smallest absolute Gasteiger partial charge is 0.246 e. The summed E-state index contributed by atoms with van der Waals surface area (Å²) in [4.78, 5) is 23.7. The molecule has 3 N–H and O–H groups in total. The lowest BCUT2D eigenvalue weighted by molar-refractivity contribution is -0.130. The van der Waals surface area contributed by atoms with E-state index in [9.17, 15) is 9.59 Å². The van der Waals surface area contributed by atoms with Gasteiger partial charge < -0.3 is 20.5 Å². The molecule has 7 heteroatoms. The molecule has 1 atom stereocenters. The molecule has 0 radical (unpaired) electrons. The van der Waals surface area contributed by atoms with Crippen LogP contribution in [-0.2, 0) is 27.4 Å². The van der Waals surface area contributed by atoms with Crippen LogP contribution >= 0.6 is 11.6 Å². The number of carbonyl (C=O) groups excluding carboxylic acids is 2. The number of primary amides is 1. The van der Waals surface area contributed by atoms with E-state index in [2.05, 4.69) is 5.32 Å². The Bertz CT molecular complexity index is 752. The fraction of sp³-hybridized carbons (Fsp3) is 0.263. The van der Waals surface area contributed by atoms with Crippen molar-refractivity contribution < 1.29 is 19.1 Å². The van der Waals surface area contributed by atoms with Crippen molar-refractivity contribution in [3.05, 3.63) is 64.7 Å². The van der Waals surface area contributed by atoms with E-state index in [1.54, 1.807) is 18.2 Å². The van der Waals surface area contributed by atoms with Crippen LogP contribution in [0.15, 0.2) is 48.5 Å². The minimum absolute atomic E-state index is 0.165. The topological polar surface area (TPSA) is 90.7 Å². The van der Waals surface area contributed by atoms with Crippen molar-refractivity contribution in [2.24, 2.45) is 5.73 Å². The Morgan fingerprint density at radius 1 is 1.15 bits per heavy atom. The number of carbonyl (C=O) groups is 2. The molecule has 2 aromatic rings. The summed E-state index contributed by atoms with van der Waals surface area (Å²) in [5.41, 5.74) is 7.11. The average Bonchev–Trinajstić information content (AvgIpc) is 2.62. The van der Waals surface area contributed by atoms with Crippen LogP contribution in [0.25, 0.3) is 0 Å². The first-order valence-corrected chi connectivity index (χ1v) is 8.40. The molecule has 0 aliphatic rings. The molecule has 0 aliphatic carbocycles. The number of hydrogen-bond donors (Lipinski definition) is 2. The van der Waals surface area contributed by atoms with E-state index in [0.717, 1.165) is 11.1 Å². The van der Waals surface area contributed by atoms with Gasteiger partial charge in [0.05, 0.1) is 18.7 Å². The molecule has 0 aliphatic heterocycles. The number of nitrogens with one attached hydrogen (secondary N) is 1. The van der Waals surface area contributed by atoms with Crippen LogP contribution in [0.5, 0.6) is 5.75 Å². The summed E-state index contributed by atoms with van der Waals surface area (Å²) in [5, 5.41) is 3.01. The first-order valence-electron chi connectivity index (χ1n) is 8.02. The van der Waals surface area contributed by atoms with Gasteiger partial charge in [-0.05, 0) is 23.3 Å². The predicted molar refractivity (Wildman–Crippen MR) is 98.9 cm³/mol. The van der Waals surface area contributed by atoms with Gasteiger partial charge in [0.15, 0.2) is 0 Å². The normalized spacial score (nSPS) is 11.6. The van der Waals surface area contributed by atoms with Gasteiger partial charge in [0.2, 0.25) is 11.8 Å². The van der Waals surface area contributed by atoms with Crippen LogP contribution in [0.2, 0.25) is 5.02 Å². The molecule has 0 unspecified atom stereocenters. The zero-order chi connectivity index (χ0) is 18.9. The molecule has 6 nitrogen and oxygen atoms in total. The number of nitrogens with two attached hydrogens (primary N) is 1. The van der Waals surface area contributed by atoms with E-state index in [-0.39, 0.29) is 13.0 Å². The maximum Gasteiger partial charge on any atom is 0.246 e. The summed E-state index contributed by atoms with van der Waals surface area (Å²) in [6.07, 6.45) is 0.226. The van der Waals surface area contributed by atoms with E-state index in [1.165, 1.54) is 7.11 Å². The minimum Gasteiger partial charge on any atom is -0.495 e. The molecular weight excluding hydrogens is 356 g/mol. The van der Waals surface area contributed by atoms with E-state index < -0.39 is 17.9 Å². The van der Waals surface area contributed by atoms with Gasteiger partial charge in [0.1, 0.15) is 18.4 Å². The lowest BCUT2D eigenvalue weighted by Crippen LogP contribution is -2.47. The SMILES string of the molecule is COc1ccc(C[C@H](NC(=O)COCc2ccccc2)C(N)=O)cc1Cl. The van der Waals surface area contributed by atoms with Gasteiger partial charge >= 0.3 is 0 Å². The van der Waals surface area contributed by atoms with Crippen LogP contribution in [0, 0.1) is 0 Å². The summed E-state index contributed by atoms with van der Waals surface area (Å²) in [5.74, 6) is -0.512. The summed E-state index contributed by atoms with van der Waals surface area (Å²) in [6, 6.07) is 13.8. The molecular formula is C19H21ClN2O4. The highest BCUT2D eigenvalue weighted by atomic mass is 35.5. The predicted octanol–water partition coefficient (Wildman–Crippen LogP) is 2.08. The number of methoxy groups -OCH3 is 1. The fourth-order valence-electron chi connectivity index (χ4n) is 2.37. The molecule has 0 bridgehead atoms. The van der Waals surface area contributed by atoms with Crippen molar-refractivity contribution in [3.63, 3.8) is 0 Å². The standard InChI is InChI=1S/C19H21ClN2O4/c1-25-17-8-7-14(9-15(17)20)10-16(19(21)24)22-18(23)12-26-11-13-5-3-2-4-6-13/h2-9,16H,10-12H2,1H3,(H2,21,24)(H,22,23)/t16-/m0/s1. The molecule has 2 aromatic carbocycles. The van der Waals surface area contributed by atoms with Crippen molar-refractivity contribution in [2.45, 2.75) is 19.1 Å². The number of amides is 2. The lowest BCUT2D eigenvalue weighted by atomic mass is 10.1. The van der Waals surface area contributed by atoms with Gasteiger partial charge in [0, 0.05) is 6.42 Å². The second-order valence-electron chi connectivity index (χ2n) is 5.67. The third-order valence-corrected chi connectivity index (χ3v) is 3.97. The highest BCUT2D eigenvalue weighted by Crippen LogP contribution is 2.25. The first kappa shape index (κ1) is 19.8. The van der Waals surface area contributed by atoms with E-state index in [0.29, 0.717) is 17.4 Å². The van der Waals surface area contributed by atoms with E-state index in [1.807, 2.05) is 30.3 Å². The van der Waals surface area contributed by atoms with E-state index in [4.69, 9.17) is 26.8 Å². The third-order valence-electron chi connectivity index (χ3n) is 3.68. The Morgan fingerprint density at radius 3 is 2.50 bits per heavy atom. The van der Waals surface area contributed by atoms with Crippen LogP contribution in [-0.4, -0.2) is 31.6 Å². The Balaban J connectivity index is 1.87. The molecule has 2 rings (SSSR count).